The number of carbonyl (C=O) groups is 1. The Morgan fingerprint density at radius 1 is 1.06 bits per heavy atom. The molecule has 0 unspecified atom stereocenters. The van der Waals surface area contributed by atoms with Gasteiger partial charge in [-0.25, -0.2) is 9.97 Å². The van der Waals surface area contributed by atoms with Crippen molar-refractivity contribution in [2.24, 2.45) is 0 Å². The summed E-state index contributed by atoms with van der Waals surface area (Å²) in [6.45, 7) is 0. The molecule has 2 aliphatic carbocycles. The summed E-state index contributed by atoms with van der Waals surface area (Å²) in [5, 5.41) is 3.63. The normalized spacial score (nSPS) is 16.4. The standard InChI is InChI=1S/C25H25N5O2/c31-23(26-16-8-11-20-21(14-16)29-24(28-20)15-4-3-5-15)13-12-22-27-19-7-2-1-6-18(19)25(32)30(22)17-9-10-17/h1-2,6-8,11,14-15,17H,3-5,9-10,12-13H2,(H,26,31)(H,28,29). The summed E-state index contributed by atoms with van der Waals surface area (Å²) in [5.41, 5.74) is 3.32. The molecule has 7 nitrogen and oxygen atoms in total. The molecule has 2 aromatic heterocycles. The second-order valence-electron chi connectivity index (χ2n) is 8.98. The van der Waals surface area contributed by atoms with Gasteiger partial charge in [0.15, 0.2) is 0 Å². The first kappa shape index (κ1) is 19.2. The van der Waals surface area contributed by atoms with E-state index in [4.69, 9.17) is 4.98 Å². The Balaban J connectivity index is 1.19. The zero-order valence-electron chi connectivity index (χ0n) is 17.8. The van der Waals surface area contributed by atoms with Crippen LogP contribution in [0.3, 0.4) is 0 Å². The van der Waals surface area contributed by atoms with E-state index in [0.717, 1.165) is 35.4 Å². The Hall–Kier alpha value is -3.48. The van der Waals surface area contributed by atoms with Gasteiger partial charge >= 0.3 is 0 Å². The quantitative estimate of drug-likeness (QED) is 0.476. The number of hydrogen-bond acceptors (Lipinski definition) is 4. The molecule has 162 valence electrons. The van der Waals surface area contributed by atoms with Crippen LogP contribution in [-0.2, 0) is 11.2 Å². The molecule has 2 aromatic carbocycles. The van der Waals surface area contributed by atoms with Crippen LogP contribution in [-0.4, -0.2) is 25.4 Å². The largest absolute Gasteiger partial charge is 0.342 e. The monoisotopic (exact) mass is 427 g/mol. The first-order valence-electron chi connectivity index (χ1n) is 11.5. The maximum Gasteiger partial charge on any atom is 0.261 e. The van der Waals surface area contributed by atoms with Gasteiger partial charge in [0, 0.05) is 30.5 Å². The van der Waals surface area contributed by atoms with Crippen molar-refractivity contribution < 1.29 is 4.79 Å². The highest BCUT2D eigenvalue weighted by molar-refractivity contribution is 5.93. The van der Waals surface area contributed by atoms with Gasteiger partial charge in [-0.15, -0.1) is 0 Å². The Morgan fingerprint density at radius 2 is 1.91 bits per heavy atom. The minimum atomic E-state index is -0.0900. The van der Waals surface area contributed by atoms with Gasteiger partial charge in [-0.2, -0.15) is 0 Å². The smallest absolute Gasteiger partial charge is 0.261 e. The third kappa shape index (κ3) is 3.47. The number of carbonyl (C=O) groups excluding carboxylic acids is 1. The lowest BCUT2D eigenvalue weighted by Crippen LogP contribution is -2.25. The summed E-state index contributed by atoms with van der Waals surface area (Å²) < 4.78 is 1.80. The van der Waals surface area contributed by atoms with Crippen LogP contribution in [0, 0.1) is 0 Å². The average Bonchev–Trinajstić information content (AvgIpc) is 3.50. The minimum Gasteiger partial charge on any atom is -0.342 e. The maximum atomic E-state index is 13.0. The molecule has 0 atom stereocenters. The SMILES string of the molecule is O=C(CCc1nc2ccccc2c(=O)n1C1CC1)Nc1ccc2nc(C3CCC3)[nH]c2c1. The number of H-pyrrole nitrogens is 1. The molecule has 1 amide bonds. The zero-order valence-corrected chi connectivity index (χ0v) is 17.8. The fourth-order valence-corrected chi connectivity index (χ4v) is 4.51. The number of amides is 1. The van der Waals surface area contributed by atoms with Gasteiger partial charge in [0.1, 0.15) is 11.6 Å². The first-order valence-corrected chi connectivity index (χ1v) is 11.5. The van der Waals surface area contributed by atoms with Gasteiger partial charge in [0.05, 0.1) is 21.9 Å². The number of aryl methyl sites for hydroxylation is 1. The van der Waals surface area contributed by atoms with Crippen LogP contribution < -0.4 is 10.9 Å². The number of imidazole rings is 1. The number of nitrogens with zero attached hydrogens (tertiary/aromatic N) is 3. The van der Waals surface area contributed by atoms with Crippen molar-refractivity contribution in [1.29, 1.82) is 0 Å². The summed E-state index contributed by atoms with van der Waals surface area (Å²) in [6, 6.07) is 13.4. The molecule has 6 rings (SSSR count). The van der Waals surface area contributed by atoms with Crippen molar-refractivity contribution in [3.63, 3.8) is 0 Å². The van der Waals surface area contributed by atoms with Crippen molar-refractivity contribution in [2.75, 3.05) is 5.32 Å². The van der Waals surface area contributed by atoms with E-state index in [9.17, 15) is 9.59 Å². The van der Waals surface area contributed by atoms with E-state index in [1.54, 1.807) is 4.57 Å². The Morgan fingerprint density at radius 3 is 2.69 bits per heavy atom. The van der Waals surface area contributed by atoms with E-state index in [0.29, 0.717) is 29.1 Å². The minimum absolute atomic E-state index is 0.000437. The number of benzene rings is 2. The van der Waals surface area contributed by atoms with Crippen molar-refractivity contribution in [3.8, 4) is 0 Å². The highest BCUT2D eigenvalue weighted by atomic mass is 16.1. The van der Waals surface area contributed by atoms with Crippen molar-refractivity contribution >= 4 is 33.5 Å². The van der Waals surface area contributed by atoms with Gasteiger partial charge in [0.25, 0.3) is 5.56 Å². The fraction of sp³-hybridized carbons (Fsp3) is 0.360. The summed E-state index contributed by atoms with van der Waals surface area (Å²) in [5.74, 6) is 2.20. The summed E-state index contributed by atoms with van der Waals surface area (Å²) in [6.07, 6.45) is 6.34. The van der Waals surface area contributed by atoms with Gasteiger partial charge < -0.3 is 10.3 Å². The molecule has 2 fully saturated rings. The molecular formula is C25H25N5O2. The van der Waals surface area contributed by atoms with Gasteiger partial charge in [0.2, 0.25) is 5.91 Å². The molecule has 32 heavy (non-hydrogen) atoms. The lowest BCUT2D eigenvalue weighted by Gasteiger charge is -2.22. The van der Waals surface area contributed by atoms with E-state index in [2.05, 4.69) is 15.3 Å². The number of aromatic amines is 1. The molecule has 2 aliphatic rings. The second kappa shape index (κ2) is 7.58. The Labute approximate surface area is 184 Å². The number of nitrogens with one attached hydrogen (secondary N) is 2. The molecule has 0 spiro atoms. The molecule has 4 aromatic rings. The van der Waals surface area contributed by atoms with E-state index >= 15 is 0 Å². The van der Waals surface area contributed by atoms with Crippen molar-refractivity contribution in [3.05, 3.63) is 64.5 Å². The van der Waals surface area contributed by atoms with Crippen LogP contribution >= 0.6 is 0 Å². The molecular weight excluding hydrogens is 402 g/mol. The van der Waals surface area contributed by atoms with E-state index in [1.807, 2.05) is 42.5 Å². The van der Waals surface area contributed by atoms with Crippen molar-refractivity contribution in [1.82, 2.24) is 19.5 Å². The van der Waals surface area contributed by atoms with Crippen LogP contribution in [0.15, 0.2) is 47.3 Å². The highest BCUT2D eigenvalue weighted by Crippen LogP contribution is 2.36. The molecule has 2 saturated carbocycles. The lowest BCUT2D eigenvalue weighted by molar-refractivity contribution is -0.116. The first-order chi connectivity index (χ1) is 15.7. The van der Waals surface area contributed by atoms with Crippen LogP contribution in [0.4, 0.5) is 5.69 Å². The lowest BCUT2D eigenvalue weighted by atomic mass is 9.85. The molecule has 0 bridgehead atoms. The molecule has 7 heteroatoms. The number of para-hydroxylation sites is 1. The molecule has 2 N–H and O–H groups in total. The van der Waals surface area contributed by atoms with Crippen LogP contribution in [0.2, 0.25) is 0 Å². The fourth-order valence-electron chi connectivity index (χ4n) is 4.51. The van der Waals surface area contributed by atoms with E-state index in [-0.39, 0.29) is 23.9 Å². The molecule has 2 heterocycles. The van der Waals surface area contributed by atoms with Crippen LogP contribution in [0.1, 0.15) is 62.1 Å². The number of hydrogen-bond donors (Lipinski definition) is 2. The number of aromatic nitrogens is 4. The number of fused-ring (bicyclic) bond motifs is 2. The topological polar surface area (TPSA) is 92.7 Å². The predicted molar refractivity (Wildman–Crippen MR) is 124 cm³/mol. The molecule has 0 radical (unpaired) electrons. The molecule has 0 saturated heterocycles. The van der Waals surface area contributed by atoms with E-state index < -0.39 is 0 Å². The van der Waals surface area contributed by atoms with Crippen LogP contribution in [0.5, 0.6) is 0 Å². The van der Waals surface area contributed by atoms with Gasteiger partial charge in [-0.3, -0.25) is 14.2 Å². The Bertz CT molecular complexity index is 1390. The van der Waals surface area contributed by atoms with E-state index in [1.165, 1.54) is 19.3 Å². The summed E-state index contributed by atoms with van der Waals surface area (Å²) in [4.78, 5) is 38.5. The average molecular weight is 428 g/mol. The summed E-state index contributed by atoms with van der Waals surface area (Å²) >= 11 is 0. The number of rotatable bonds is 6. The highest BCUT2D eigenvalue weighted by Gasteiger charge is 2.28. The summed E-state index contributed by atoms with van der Waals surface area (Å²) in [7, 11) is 0. The number of anilines is 1. The third-order valence-electron chi connectivity index (χ3n) is 6.64. The predicted octanol–water partition coefficient (Wildman–Crippen LogP) is 4.45. The third-order valence-corrected chi connectivity index (χ3v) is 6.64. The van der Waals surface area contributed by atoms with Crippen LogP contribution in [0.25, 0.3) is 21.9 Å². The van der Waals surface area contributed by atoms with Gasteiger partial charge in [-0.1, -0.05) is 18.6 Å². The zero-order chi connectivity index (χ0) is 21.7. The van der Waals surface area contributed by atoms with Gasteiger partial charge in [-0.05, 0) is 56.0 Å². The Kier molecular flexibility index (Phi) is 4.56. The van der Waals surface area contributed by atoms with Crippen molar-refractivity contribution in [2.45, 2.75) is 56.9 Å². The molecule has 0 aliphatic heterocycles. The second-order valence-corrected chi connectivity index (χ2v) is 8.98. The maximum absolute atomic E-state index is 13.0.